The van der Waals surface area contributed by atoms with Crippen molar-refractivity contribution in [1.82, 2.24) is 0 Å². The van der Waals surface area contributed by atoms with Gasteiger partial charge in [0.2, 0.25) is 0 Å². The van der Waals surface area contributed by atoms with E-state index in [0.717, 1.165) is 44.9 Å². The molecular weight excluding hydrogens is 508 g/mol. The third kappa shape index (κ3) is 7.82. The molecule has 0 N–H and O–H groups in total. The van der Waals surface area contributed by atoms with Crippen LogP contribution in [0.25, 0.3) is 0 Å². The van der Waals surface area contributed by atoms with Crippen LogP contribution in [0.4, 0.5) is 0 Å². The van der Waals surface area contributed by atoms with E-state index in [1.54, 1.807) is 13.0 Å². The van der Waals surface area contributed by atoms with Crippen molar-refractivity contribution in [2.24, 2.45) is 38.4 Å². The SMILES string of the molecule is CCCC(C)(C)CC[C@](C)(/C=C/C(=O)OCC)CCC(C)(C)[C@]1(C)CC[C@H]2C(C)(C)C(=O)CC[C@]2(C)/C1=C/C(C)=O. The van der Waals surface area contributed by atoms with Crippen LogP contribution in [0.15, 0.2) is 23.8 Å². The number of hydrogen-bond acceptors (Lipinski definition) is 4. The summed E-state index contributed by atoms with van der Waals surface area (Å²) in [4.78, 5) is 38.0. The van der Waals surface area contributed by atoms with Crippen molar-refractivity contribution < 1.29 is 19.1 Å². The van der Waals surface area contributed by atoms with Gasteiger partial charge in [-0.3, -0.25) is 9.59 Å². The van der Waals surface area contributed by atoms with Gasteiger partial charge in [-0.25, -0.2) is 4.79 Å². The fraction of sp³-hybridized carbons (Fsp3) is 0.811. The lowest BCUT2D eigenvalue weighted by atomic mass is 9.41. The molecule has 4 atom stereocenters. The second-order valence-electron chi connectivity index (χ2n) is 16.2. The van der Waals surface area contributed by atoms with E-state index in [2.05, 4.69) is 75.3 Å². The Labute approximate surface area is 252 Å². The lowest BCUT2D eigenvalue weighted by Crippen LogP contribution is -2.56. The molecule has 0 unspecified atom stereocenters. The number of esters is 1. The molecule has 0 aromatic heterocycles. The molecule has 0 saturated heterocycles. The van der Waals surface area contributed by atoms with Crippen molar-refractivity contribution in [1.29, 1.82) is 0 Å². The highest BCUT2D eigenvalue weighted by Gasteiger charge is 2.61. The molecule has 2 rings (SSSR count). The van der Waals surface area contributed by atoms with E-state index in [0.29, 0.717) is 18.8 Å². The molecule has 2 aliphatic carbocycles. The number of ether oxygens (including phenoxy) is 1. The molecule has 0 aromatic carbocycles. The molecule has 0 bridgehead atoms. The average Bonchev–Trinajstić information content (AvgIpc) is 2.85. The third-order valence-electron chi connectivity index (χ3n) is 11.7. The van der Waals surface area contributed by atoms with Crippen molar-refractivity contribution in [3.05, 3.63) is 23.8 Å². The number of Topliss-reactive ketones (excluding diaryl/α,β-unsaturated/α-hetero) is 1. The van der Waals surface area contributed by atoms with Crippen molar-refractivity contribution in [2.75, 3.05) is 6.61 Å². The minimum Gasteiger partial charge on any atom is -0.463 e. The molecule has 0 aliphatic heterocycles. The van der Waals surface area contributed by atoms with Crippen LogP contribution >= 0.6 is 0 Å². The van der Waals surface area contributed by atoms with E-state index in [-0.39, 0.29) is 50.2 Å². The Morgan fingerprint density at radius 1 is 0.927 bits per heavy atom. The summed E-state index contributed by atoms with van der Waals surface area (Å²) in [5.74, 6) is 0.425. The number of fused-ring (bicyclic) bond motifs is 1. The monoisotopic (exact) mass is 570 g/mol. The maximum Gasteiger partial charge on any atom is 0.330 e. The molecule has 41 heavy (non-hydrogen) atoms. The van der Waals surface area contributed by atoms with Gasteiger partial charge >= 0.3 is 5.97 Å². The molecule has 0 radical (unpaired) electrons. The maximum atomic E-state index is 13.0. The van der Waals surface area contributed by atoms with Gasteiger partial charge in [0.15, 0.2) is 5.78 Å². The molecule has 0 spiro atoms. The highest BCUT2D eigenvalue weighted by atomic mass is 16.5. The Bertz CT molecular complexity index is 1030. The first kappa shape index (κ1) is 35.5. The molecule has 4 nitrogen and oxygen atoms in total. The first-order valence-corrected chi connectivity index (χ1v) is 16.3. The summed E-state index contributed by atoms with van der Waals surface area (Å²) in [7, 11) is 0. The van der Waals surface area contributed by atoms with Crippen LogP contribution in [0, 0.1) is 38.4 Å². The number of hydrogen-bond donors (Lipinski definition) is 0. The number of carbonyl (C=O) groups is 3. The van der Waals surface area contributed by atoms with Gasteiger partial charge < -0.3 is 4.74 Å². The van der Waals surface area contributed by atoms with Crippen LogP contribution in [0.5, 0.6) is 0 Å². The zero-order valence-corrected chi connectivity index (χ0v) is 28.7. The zero-order chi connectivity index (χ0) is 31.5. The summed E-state index contributed by atoms with van der Waals surface area (Å²) in [6, 6.07) is 0. The summed E-state index contributed by atoms with van der Waals surface area (Å²) in [6.07, 6.45) is 15.4. The lowest BCUT2D eigenvalue weighted by molar-refractivity contribution is -0.143. The van der Waals surface area contributed by atoms with Crippen molar-refractivity contribution in [3.8, 4) is 0 Å². The van der Waals surface area contributed by atoms with Crippen LogP contribution in [-0.4, -0.2) is 24.1 Å². The van der Waals surface area contributed by atoms with Gasteiger partial charge in [-0.05, 0) is 104 Å². The van der Waals surface area contributed by atoms with Gasteiger partial charge in [0.05, 0.1) is 6.61 Å². The number of rotatable bonds is 13. The Morgan fingerprint density at radius 2 is 1.54 bits per heavy atom. The molecule has 2 aliphatic rings. The summed E-state index contributed by atoms with van der Waals surface area (Å²) in [5.41, 5.74) is 0.550. The first-order chi connectivity index (χ1) is 18.7. The summed E-state index contributed by atoms with van der Waals surface area (Å²) in [6.45, 7) is 26.8. The molecule has 0 amide bonds. The zero-order valence-electron chi connectivity index (χ0n) is 28.7. The second-order valence-corrected chi connectivity index (χ2v) is 16.2. The van der Waals surface area contributed by atoms with E-state index < -0.39 is 0 Å². The predicted molar refractivity (Wildman–Crippen MR) is 171 cm³/mol. The van der Waals surface area contributed by atoms with Crippen molar-refractivity contribution in [2.45, 2.75) is 147 Å². The quantitative estimate of drug-likeness (QED) is 0.163. The molecule has 4 heteroatoms. The summed E-state index contributed by atoms with van der Waals surface area (Å²) in [5, 5.41) is 0. The fourth-order valence-electron chi connectivity index (χ4n) is 8.34. The summed E-state index contributed by atoms with van der Waals surface area (Å²) < 4.78 is 5.23. The van der Waals surface area contributed by atoms with Crippen LogP contribution in [0.3, 0.4) is 0 Å². The van der Waals surface area contributed by atoms with Crippen LogP contribution in [-0.2, 0) is 19.1 Å². The first-order valence-electron chi connectivity index (χ1n) is 16.3. The number of allylic oxidation sites excluding steroid dienone is 3. The van der Waals surface area contributed by atoms with Crippen LogP contribution in [0.2, 0.25) is 0 Å². The molecule has 234 valence electrons. The smallest absolute Gasteiger partial charge is 0.330 e. The van der Waals surface area contributed by atoms with Crippen molar-refractivity contribution in [3.63, 3.8) is 0 Å². The van der Waals surface area contributed by atoms with Crippen LogP contribution < -0.4 is 0 Å². The van der Waals surface area contributed by atoms with E-state index in [4.69, 9.17) is 4.74 Å². The second kappa shape index (κ2) is 12.9. The lowest BCUT2D eigenvalue weighted by Gasteiger charge is -2.62. The fourth-order valence-corrected chi connectivity index (χ4v) is 8.34. The van der Waals surface area contributed by atoms with Crippen LogP contribution in [0.1, 0.15) is 147 Å². The molecular formula is C37H62O4. The third-order valence-corrected chi connectivity index (χ3v) is 11.7. The Balaban J connectivity index is 2.45. The Hall–Kier alpha value is -1.71. The predicted octanol–water partition coefficient (Wildman–Crippen LogP) is 9.85. The van der Waals surface area contributed by atoms with Gasteiger partial charge in [-0.15, -0.1) is 0 Å². The number of ketones is 2. The molecule has 0 aromatic rings. The van der Waals surface area contributed by atoms with Crippen molar-refractivity contribution >= 4 is 17.5 Å². The average molecular weight is 571 g/mol. The minimum atomic E-state index is -0.379. The normalized spacial score (nSPS) is 29.3. The highest BCUT2D eigenvalue weighted by molar-refractivity contribution is 5.89. The summed E-state index contributed by atoms with van der Waals surface area (Å²) >= 11 is 0. The molecule has 2 fully saturated rings. The van der Waals surface area contributed by atoms with E-state index >= 15 is 0 Å². The van der Waals surface area contributed by atoms with Gasteiger partial charge in [-0.2, -0.15) is 0 Å². The Morgan fingerprint density at radius 3 is 2.10 bits per heavy atom. The standard InChI is InChI=1S/C37H62O4/c1-13-18-32(4,5)22-24-35(10,19-17-31(40)41-14-2)25-23-33(6,7)37(12)21-15-28-34(8,9)30(39)16-20-36(28,11)29(37)26-27(3)38/h17,19,26,28H,13-16,18,20-25H2,1-12H3/b19-17+,29-26-/t28-,35-,36-,37+/m0/s1. The molecule has 0 heterocycles. The Kier molecular flexibility index (Phi) is 11.1. The van der Waals surface area contributed by atoms with Gasteiger partial charge in [0, 0.05) is 17.9 Å². The maximum absolute atomic E-state index is 13.0. The highest BCUT2D eigenvalue weighted by Crippen LogP contribution is 2.67. The van der Waals surface area contributed by atoms with Gasteiger partial charge in [0.1, 0.15) is 5.78 Å². The van der Waals surface area contributed by atoms with E-state index in [9.17, 15) is 14.4 Å². The van der Waals surface area contributed by atoms with E-state index in [1.165, 1.54) is 18.4 Å². The molecule has 2 saturated carbocycles. The number of carbonyl (C=O) groups excluding carboxylic acids is 3. The van der Waals surface area contributed by atoms with E-state index in [1.807, 2.05) is 13.0 Å². The largest absolute Gasteiger partial charge is 0.463 e. The minimum absolute atomic E-state index is 0.0914. The van der Waals surface area contributed by atoms with Gasteiger partial charge in [-0.1, -0.05) is 87.3 Å². The van der Waals surface area contributed by atoms with Gasteiger partial charge in [0.25, 0.3) is 0 Å². The topological polar surface area (TPSA) is 60.4 Å².